The molecule has 17 heavy (non-hydrogen) atoms. The van der Waals surface area contributed by atoms with Crippen LogP contribution in [0.1, 0.15) is 5.69 Å². The molecule has 0 saturated heterocycles. The maximum atomic E-state index is 11.8. The highest BCUT2D eigenvalue weighted by atomic mass is 79.9. The van der Waals surface area contributed by atoms with E-state index in [-0.39, 0.29) is 10.3 Å². The van der Waals surface area contributed by atoms with E-state index in [0.29, 0.717) is 0 Å². The van der Waals surface area contributed by atoms with Gasteiger partial charge in [-0.15, -0.1) is 10.2 Å². The van der Waals surface area contributed by atoms with Crippen LogP contribution in [-0.4, -0.2) is 36.0 Å². The number of rotatable bonds is 0. The molecule has 90 valence electrons. The third kappa shape index (κ3) is 2.44. The summed E-state index contributed by atoms with van der Waals surface area (Å²) in [7, 11) is 0. The van der Waals surface area contributed by atoms with E-state index >= 15 is 0 Å². The summed E-state index contributed by atoms with van der Waals surface area (Å²) in [6, 6.07) is -0.609. The molecule has 0 N–H and O–H groups in total. The minimum absolute atomic E-state index is 0.0102. The largest absolute Gasteiger partial charge is 0.373 e. The summed E-state index contributed by atoms with van der Waals surface area (Å²) in [5.74, 6) is 0. The number of alkyl halides is 3. The van der Waals surface area contributed by atoms with Gasteiger partial charge in [-0.05, 0) is 15.9 Å². The molecule has 11 heteroatoms. The topological polar surface area (TPSA) is 78.5 Å². The average molecular weight is 360 g/mol. The molecule has 2 aromatic rings. The number of hydrogen-bond acceptors (Lipinski definition) is 5. The van der Waals surface area contributed by atoms with Crippen molar-refractivity contribution in [1.29, 1.82) is 0 Å². The molecular formula is C6H2BrCl3N6O. The maximum Gasteiger partial charge on any atom is 0.373 e. The molecule has 2 heterocycles. The first-order valence-electron chi connectivity index (χ1n) is 4.00. The van der Waals surface area contributed by atoms with E-state index in [1.54, 1.807) is 0 Å². The highest BCUT2D eigenvalue weighted by Gasteiger charge is 2.32. The second kappa shape index (κ2) is 4.52. The zero-order valence-corrected chi connectivity index (χ0v) is 11.6. The molecule has 7 nitrogen and oxygen atoms in total. The van der Waals surface area contributed by atoms with E-state index in [1.807, 2.05) is 0 Å². The van der Waals surface area contributed by atoms with Gasteiger partial charge in [0.1, 0.15) is 10.3 Å². The smallest absolute Gasteiger partial charge is 0.243 e. The maximum absolute atomic E-state index is 11.8. The minimum atomic E-state index is -1.78. The molecule has 0 aliphatic heterocycles. The van der Waals surface area contributed by atoms with Gasteiger partial charge in [0.05, 0.1) is 12.4 Å². The molecule has 0 radical (unpaired) electrons. The van der Waals surface area contributed by atoms with Crippen LogP contribution in [0.2, 0.25) is 0 Å². The fourth-order valence-corrected chi connectivity index (χ4v) is 2.30. The Labute approximate surface area is 118 Å². The number of halogens is 4. The summed E-state index contributed by atoms with van der Waals surface area (Å²) in [4.78, 5) is 11.8. The van der Waals surface area contributed by atoms with Crippen molar-refractivity contribution >= 4 is 56.8 Å². The van der Waals surface area contributed by atoms with E-state index in [4.69, 9.17) is 34.8 Å². The number of aromatic nitrogens is 6. The van der Waals surface area contributed by atoms with Crippen molar-refractivity contribution in [2.45, 2.75) is 3.79 Å². The summed E-state index contributed by atoms with van der Waals surface area (Å²) in [6.07, 6.45) is 2.70. The molecule has 0 atom stereocenters. The highest BCUT2D eigenvalue weighted by molar-refractivity contribution is 9.10. The fourth-order valence-electron chi connectivity index (χ4n) is 0.973. The van der Waals surface area contributed by atoms with Gasteiger partial charge in [-0.3, -0.25) is 0 Å². The molecule has 0 amide bonds. The van der Waals surface area contributed by atoms with Gasteiger partial charge in [-0.25, -0.2) is 4.79 Å². The van der Waals surface area contributed by atoms with Crippen LogP contribution in [-0.2, 0) is 3.79 Å². The van der Waals surface area contributed by atoms with Crippen LogP contribution in [0, 0.1) is 0 Å². The van der Waals surface area contributed by atoms with Crippen LogP contribution < -0.4 is 0 Å². The Balaban J connectivity index is 2.42. The molecule has 0 spiro atoms. The van der Waals surface area contributed by atoms with Gasteiger partial charge in [0.15, 0.2) is 0 Å². The standard InChI is InChI=1S/C6H2BrCl3N6O/c7-4-3(6(8,9)10)12-14-16(4)5(17)15-2-1-11-13-15/h1-2H. The van der Waals surface area contributed by atoms with Gasteiger partial charge in [0.2, 0.25) is 3.79 Å². The van der Waals surface area contributed by atoms with Gasteiger partial charge < -0.3 is 0 Å². The van der Waals surface area contributed by atoms with Crippen LogP contribution in [0.25, 0.3) is 0 Å². The van der Waals surface area contributed by atoms with E-state index in [2.05, 4.69) is 36.6 Å². The normalized spacial score (nSPS) is 11.8. The first kappa shape index (κ1) is 12.7. The van der Waals surface area contributed by atoms with E-state index < -0.39 is 9.82 Å². The van der Waals surface area contributed by atoms with Crippen molar-refractivity contribution in [2.75, 3.05) is 0 Å². The van der Waals surface area contributed by atoms with Crippen LogP contribution in [0.3, 0.4) is 0 Å². The summed E-state index contributed by atoms with van der Waals surface area (Å²) < 4.78 is 0.214. The lowest BCUT2D eigenvalue weighted by Crippen LogP contribution is -2.21. The number of carbonyl (C=O) groups is 1. The van der Waals surface area contributed by atoms with Gasteiger partial charge in [-0.2, -0.15) is 9.36 Å². The van der Waals surface area contributed by atoms with Gasteiger partial charge in [0, 0.05) is 0 Å². The SMILES string of the molecule is O=C(n1ccnn1)n1nnc(C(Cl)(Cl)Cl)c1Br. The van der Waals surface area contributed by atoms with Crippen molar-refractivity contribution in [3.05, 3.63) is 22.7 Å². The summed E-state index contributed by atoms with van der Waals surface area (Å²) in [6.45, 7) is 0. The predicted molar refractivity (Wildman–Crippen MR) is 63.2 cm³/mol. The second-order valence-corrected chi connectivity index (χ2v) is 5.80. The van der Waals surface area contributed by atoms with E-state index in [9.17, 15) is 4.79 Å². The molecule has 0 aromatic carbocycles. The van der Waals surface area contributed by atoms with Crippen molar-refractivity contribution in [3.8, 4) is 0 Å². The number of nitrogens with zero attached hydrogens (tertiary/aromatic N) is 6. The lowest BCUT2D eigenvalue weighted by Gasteiger charge is -2.06. The van der Waals surface area contributed by atoms with Crippen molar-refractivity contribution in [1.82, 2.24) is 30.0 Å². The van der Waals surface area contributed by atoms with Crippen LogP contribution >= 0.6 is 50.7 Å². The Morgan fingerprint density at radius 2 is 2.06 bits per heavy atom. The lowest BCUT2D eigenvalue weighted by molar-refractivity contribution is 0.236. The van der Waals surface area contributed by atoms with Crippen molar-refractivity contribution in [2.24, 2.45) is 0 Å². The van der Waals surface area contributed by atoms with Gasteiger partial charge in [0.25, 0.3) is 0 Å². The van der Waals surface area contributed by atoms with Crippen LogP contribution in [0.4, 0.5) is 4.79 Å². The first-order valence-corrected chi connectivity index (χ1v) is 5.93. The fraction of sp³-hybridized carbons (Fsp3) is 0.167. The molecule has 0 bridgehead atoms. The summed E-state index contributed by atoms with van der Waals surface area (Å²) in [5, 5.41) is 14.2. The van der Waals surface area contributed by atoms with E-state index in [1.165, 1.54) is 12.4 Å². The molecule has 0 aliphatic rings. The molecule has 2 aromatic heterocycles. The average Bonchev–Trinajstić information content (AvgIpc) is 2.83. The van der Waals surface area contributed by atoms with Gasteiger partial charge in [-0.1, -0.05) is 45.2 Å². The highest BCUT2D eigenvalue weighted by Crippen LogP contribution is 2.40. The summed E-state index contributed by atoms with van der Waals surface area (Å²) >= 11 is 20.0. The Hall–Kier alpha value is -0.700. The van der Waals surface area contributed by atoms with E-state index in [0.717, 1.165) is 9.36 Å². The molecule has 2 rings (SSSR count). The predicted octanol–water partition coefficient (Wildman–Crippen LogP) is 1.98. The third-order valence-electron chi connectivity index (χ3n) is 1.68. The molecular weight excluding hydrogens is 358 g/mol. The molecule has 0 saturated carbocycles. The molecule has 0 fully saturated rings. The van der Waals surface area contributed by atoms with Crippen LogP contribution in [0.5, 0.6) is 0 Å². The lowest BCUT2D eigenvalue weighted by atomic mass is 10.5. The number of hydrogen-bond donors (Lipinski definition) is 0. The van der Waals surface area contributed by atoms with Gasteiger partial charge >= 0.3 is 6.03 Å². The van der Waals surface area contributed by atoms with Crippen molar-refractivity contribution < 1.29 is 4.79 Å². The Morgan fingerprint density at radius 1 is 1.35 bits per heavy atom. The quantitative estimate of drug-likeness (QED) is 0.671. The zero-order valence-electron chi connectivity index (χ0n) is 7.76. The Kier molecular flexibility index (Phi) is 3.39. The van der Waals surface area contributed by atoms with Crippen LogP contribution in [0.15, 0.2) is 17.0 Å². The monoisotopic (exact) mass is 358 g/mol. The minimum Gasteiger partial charge on any atom is -0.243 e. The zero-order chi connectivity index (χ0) is 12.6. The molecule has 0 aliphatic carbocycles. The van der Waals surface area contributed by atoms with Crippen molar-refractivity contribution in [3.63, 3.8) is 0 Å². The Morgan fingerprint density at radius 3 is 2.53 bits per heavy atom. The summed E-state index contributed by atoms with van der Waals surface area (Å²) in [5.41, 5.74) is 0.0102. The third-order valence-corrected chi connectivity index (χ3v) is 2.93. The Bertz CT molecular complexity index is 547. The second-order valence-electron chi connectivity index (χ2n) is 2.77. The molecule has 0 unspecified atom stereocenters. The first-order chi connectivity index (χ1) is 7.91. The number of carbonyl (C=O) groups excluding carboxylic acids is 1.